The molecule has 4 aromatic rings. The molecule has 5 rings (SSSR count). The van der Waals surface area contributed by atoms with E-state index in [-0.39, 0.29) is 5.57 Å². The third-order valence-corrected chi connectivity index (χ3v) is 6.14. The number of imide groups is 2. The summed E-state index contributed by atoms with van der Waals surface area (Å²) >= 11 is 0. The molecule has 3 aromatic carbocycles. The molecule has 1 saturated heterocycles. The van der Waals surface area contributed by atoms with Gasteiger partial charge in [-0.1, -0.05) is 54.6 Å². The van der Waals surface area contributed by atoms with Crippen LogP contribution in [0.1, 0.15) is 22.4 Å². The molecule has 0 radical (unpaired) electrons. The molecular formula is C30H25N3O3. The smallest absolute Gasteiger partial charge is 0.313 e. The van der Waals surface area contributed by atoms with Crippen LogP contribution in [-0.2, 0) is 9.59 Å². The Morgan fingerprint density at radius 2 is 1.33 bits per heavy atom. The molecule has 6 heteroatoms. The van der Waals surface area contributed by atoms with Crippen molar-refractivity contribution in [2.24, 2.45) is 0 Å². The van der Waals surface area contributed by atoms with Gasteiger partial charge < -0.3 is 4.57 Å². The van der Waals surface area contributed by atoms with E-state index in [9.17, 15) is 14.4 Å². The highest BCUT2D eigenvalue weighted by Gasteiger charge is 2.37. The number of hydrogen-bond donors (Lipinski definition) is 1. The summed E-state index contributed by atoms with van der Waals surface area (Å²) in [6, 6.07) is 26.4. The van der Waals surface area contributed by atoms with Crippen molar-refractivity contribution in [1.29, 1.82) is 0 Å². The molecule has 6 nitrogen and oxygen atoms in total. The Morgan fingerprint density at radius 3 is 1.97 bits per heavy atom. The number of benzene rings is 3. The number of nitrogens with zero attached hydrogens (tertiary/aromatic N) is 2. The molecule has 0 atom stereocenters. The minimum atomic E-state index is -0.756. The largest absolute Gasteiger partial charge is 0.335 e. The monoisotopic (exact) mass is 475 g/mol. The van der Waals surface area contributed by atoms with Crippen LogP contribution in [0.3, 0.4) is 0 Å². The van der Waals surface area contributed by atoms with Crippen molar-refractivity contribution < 1.29 is 14.4 Å². The third-order valence-electron chi connectivity index (χ3n) is 6.14. The number of rotatable bonds is 4. The van der Waals surface area contributed by atoms with Crippen LogP contribution in [0, 0.1) is 20.8 Å². The predicted molar refractivity (Wildman–Crippen MR) is 141 cm³/mol. The van der Waals surface area contributed by atoms with E-state index in [2.05, 4.69) is 9.88 Å². The van der Waals surface area contributed by atoms with E-state index >= 15 is 0 Å². The van der Waals surface area contributed by atoms with E-state index in [1.165, 1.54) is 0 Å². The Bertz CT molecular complexity index is 1510. The van der Waals surface area contributed by atoms with E-state index in [4.69, 9.17) is 0 Å². The Morgan fingerprint density at radius 1 is 0.722 bits per heavy atom. The maximum absolute atomic E-state index is 13.6. The lowest BCUT2D eigenvalue weighted by atomic mass is 10.0. The van der Waals surface area contributed by atoms with Gasteiger partial charge in [-0.2, -0.15) is 0 Å². The second-order valence-electron chi connectivity index (χ2n) is 8.93. The van der Waals surface area contributed by atoms with Crippen LogP contribution < -0.4 is 10.2 Å². The van der Waals surface area contributed by atoms with E-state index in [1.54, 1.807) is 18.2 Å². The van der Waals surface area contributed by atoms with Crippen LogP contribution in [0.5, 0.6) is 0 Å². The molecule has 1 aliphatic rings. The summed E-state index contributed by atoms with van der Waals surface area (Å²) in [4.78, 5) is 40.2. The standard InChI is InChI=1S/C30H25N3O3/c1-19-14-20(2)16-25(15-19)33-29(35)26(28(34)31-30(33)36)18-23-17-21(3)32(24-12-8-5-9-13-24)27(23)22-10-6-4-7-11-22/h4-18H,1-3H3,(H,31,34,36). The van der Waals surface area contributed by atoms with Gasteiger partial charge in [-0.15, -0.1) is 0 Å². The molecule has 0 saturated carbocycles. The highest BCUT2D eigenvalue weighted by molar-refractivity contribution is 6.39. The average molecular weight is 476 g/mol. The average Bonchev–Trinajstić information content (AvgIpc) is 3.17. The van der Waals surface area contributed by atoms with Crippen molar-refractivity contribution in [3.8, 4) is 16.9 Å². The number of barbiturate groups is 1. The number of carbonyl (C=O) groups excluding carboxylic acids is 3. The highest BCUT2D eigenvalue weighted by atomic mass is 16.2. The van der Waals surface area contributed by atoms with Crippen LogP contribution in [0.2, 0.25) is 0 Å². The molecule has 2 heterocycles. The first kappa shape index (κ1) is 23.1. The maximum atomic E-state index is 13.6. The summed E-state index contributed by atoms with van der Waals surface area (Å²) < 4.78 is 2.10. The van der Waals surface area contributed by atoms with Gasteiger partial charge in [-0.05, 0) is 73.9 Å². The number of para-hydroxylation sites is 1. The SMILES string of the molecule is Cc1cc(C)cc(N2C(=O)NC(=O)C(=Cc3cc(C)n(-c4ccccc4)c3-c3ccccc3)C2=O)c1. The fourth-order valence-corrected chi connectivity index (χ4v) is 4.70. The molecular weight excluding hydrogens is 450 g/mol. The summed E-state index contributed by atoms with van der Waals surface area (Å²) in [7, 11) is 0. The Balaban J connectivity index is 1.68. The van der Waals surface area contributed by atoms with Crippen molar-refractivity contribution in [1.82, 2.24) is 9.88 Å². The third kappa shape index (κ3) is 4.14. The second kappa shape index (κ2) is 9.15. The molecule has 0 spiro atoms. The maximum Gasteiger partial charge on any atom is 0.335 e. The molecule has 0 unspecified atom stereocenters. The fourth-order valence-electron chi connectivity index (χ4n) is 4.70. The van der Waals surface area contributed by atoms with Gasteiger partial charge in [0.25, 0.3) is 11.8 Å². The highest BCUT2D eigenvalue weighted by Crippen LogP contribution is 2.33. The first-order valence-corrected chi connectivity index (χ1v) is 11.7. The number of hydrogen-bond acceptors (Lipinski definition) is 3. The van der Waals surface area contributed by atoms with Gasteiger partial charge in [-0.3, -0.25) is 14.9 Å². The lowest BCUT2D eigenvalue weighted by Gasteiger charge is -2.27. The minimum absolute atomic E-state index is 0.101. The number of urea groups is 1. The summed E-state index contributed by atoms with van der Waals surface area (Å²) in [5, 5.41) is 2.33. The molecule has 1 N–H and O–H groups in total. The zero-order valence-corrected chi connectivity index (χ0v) is 20.3. The topological polar surface area (TPSA) is 71.4 Å². The van der Waals surface area contributed by atoms with Crippen molar-refractivity contribution in [3.63, 3.8) is 0 Å². The zero-order chi connectivity index (χ0) is 25.4. The second-order valence-corrected chi connectivity index (χ2v) is 8.93. The van der Waals surface area contributed by atoms with Crippen molar-refractivity contribution in [3.05, 3.63) is 113 Å². The molecule has 1 aliphatic heterocycles. The molecule has 0 bridgehead atoms. The summed E-state index contributed by atoms with van der Waals surface area (Å²) in [5.74, 6) is -1.37. The Labute approximate surface area is 209 Å². The number of anilines is 1. The van der Waals surface area contributed by atoms with Crippen LogP contribution in [0.4, 0.5) is 10.5 Å². The van der Waals surface area contributed by atoms with Gasteiger partial charge in [0.2, 0.25) is 0 Å². The predicted octanol–water partition coefficient (Wildman–Crippen LogP) is 5.74. The van der Waals surface area contributed by atoms with E-state index in [1.807, 2.05) is 93.6 Å². The van der Waals surface area contributed by atoms with Gasteiger partial charge >= 0.3 is 6.03 Å². The molecule has 4 amide bonds. The summed E-state index contributed by atoms with van der Waals surface area (Å²) in [5.41, 5.74) is 6.55. The van der Waals surface area contributed by atoms with Gasteiger partial charge in [0.15, 0.2) is 0 Å². The summed E-state index contributed by atoms with van der Waals surface area (Å²) in [6.45, 7) is 5.77. The first-order chi connectivity index (χ1) is 17.3. The van der Waals surface area contributed by atoms with E-state index in [0.29, 0.717) is 11.3 Å². The molecule has 178 valence electrons. The number of amides is 4. The fraction of sp³-hybridized carbons (Fsp3) is 0.100. The van der Waals surface area contributed by atoms with E-state index in [0.717, 1.165) is 38.7 Å². The minimum Gasteiger partial charge on any atom is -0.313 e. The Hall–Kier alpha value is -4.71. The lowest BCUT2D eigenvalue weighted by Crippen LogP contribution is -2.54. The van der Waals surface area contributed by atoms with Gasteiger partial charge in [-0.25, -0.2) is 9.69 Å². The van der Waals surface area contributed by atoms with Gasteiger partial charge in [0.05, 0.1) is 11.4 Å². The number of aromatic nitrogens is 1. The quantitative estimate of drug-likeness (QED) is 0.302. The number of nitrogens with one attached hydrogen (secondary N) is 1. The molecule has 1 aromatic heterocycles. The van der Waals surface area contributed by atoms with E-state index < -0.39 is 17.8 Å². The van der Waals surface area contributed by atoms with Crippen LogP contribution >= 0.6 is 0 Å². The lowest BCUT2D eigenvalue weighted by molar-refractivity contribution is -0.122. The van der Waals surface area contributed by atoms with Crippen LogP contribution in [0.25, 0.3) is 23.0 Å². The van der Waals surface area contributed by atoms with Crippen molar-refractivity contribution in [2.45, 2.75) is 20.8 Å². The zero-order valence-electron chi connectivity index (χ0n) is 20.3. The summed E-state index contributed by atoms with van der Waals surface area (Å²) in [6.07, 6.45) is 1.58. The number of aryl methyl sites for hydroxylation is 3. The van der Waals surface area contributed by atoms with Gasteiger partial charge in [0, 0.05) is 16.9 Å². The van der Waals surface area contributed by atoms with Crippen LogP contribution in [0.15, 0.2) is 90.5 Å². The van der Waals surface area contributed by atoms with Gasteiger partial charge in [0.1, 0.15) is 5.57 Å². The van der Waals surface area contributed by atoms with Crippen molar-refractivity contribution in [2.75, 3.05) is 4.90 Å². The molecule has 0 aliphatic carbocycles. The van der Waals surface area contributed by atoms with Crippen LogP contribution in [-0.4, -0.2) is 22.4 Å². The molecule has 1 fully saturated rings. The molecule has 36 heavy (non-hydrogen) atoms. The number of carbonyl (C=O) groups is 3. The first-order valence-electron chi connectivity index (χ1n) is 11.7. The Kier molecular flexibility index (Phi) is 5.86. The normalized spacial score (nSPS) is 14.9. The van der Waals surface area contributed by atoms with Crippen molar-refractivity contribution >= 4 is 29.6 Å².